The third-order valence-corrected chi connectivity index (χ3v) is 3.94. The molecule has 17 heavy (non-hydrogen) atoms. The van der Waals surface area contributed by atoms with E-state index in [4.69, 9.17) is 0 Å². The molecule has 1 atom stereocenters. The van der Waals surface area contributed by atoms with Crippen LogP contribution in [0.3, 0.4) is 0 Å². The van der Waals surface area contributed by atoms with Gasteiger partial charge in [-0.3, -0.25) is 4.79 Å². The first-order valence-electron chi connectivity index (χ1n) is 6.37. The molecule has 1 heterocycles. The van der Waals surface area contributed by atoms with E-state index in [0.29, 0.717) is 12.8 Å². The van der Waals surface area contributed by atoms with Crippen LogP contribution in [0.2, 0.25) is 0 Å². The fourth-order valence-corrected chi connectivity index (χ4v) is 2.73. The highest BCUT2D eigenvalue weighted by atomic mass is 19.3. The number of rotatable bonds is 2. The van der Waals surface area contributed by atoms with Crippen LogP contribution in [0.15, 0.2) is 0 Å². The quantitative estimate of drug-likeness (QED) is 0.805. The second kappa shape index (κ2) is 4.88. The maximum atomic E-state index is 13.0. The normalized spacial score (nSPS) is 29.2. The molecule has 0 bridgehead atoms. The van der Waals surface area contributed by atoms with E-state index in [2.05, 4.69) is 5.32 Å². The van der Waals surface area contributed by atoms with Crippen molar-refractivity contribution >= 4 is 5.91 Å². The summed E-state index contributed by atoms with van der Waals surface area (Å²) in [6.07, 6.45) is 2.55. The molecular formula is C12H20F2N2O. The first-order chi connectivity index (χ1) is 7.99. The number of hydrogen-bond donors (Lipinski definition) is 1. The summed E-state index contributed by atoms with van der Waals surface area (Å²) in [6.45, 7) is 0.882. The molecule has 98 valence electrons. The van der Waals surface area contributed by atoms with Crippen molar-refractivity contribution in [1.29, 1.82) is 0 Å². The molecule has 0 radical (unpaired) electrons. The monoisotopic (exact) mass is 246 g/mol. The molecule has 1 saturated carbocycles. The molecule has 2 fully saturated rings. The summed E-state index contributed by atoms with van der Waals surface area (Å²) in [4.78, 5) is 13.8. The van der Waals surface area contributed by atoms with Crippen LogP contribution in [0, 0.1) is 0 Å². The number of likely N-dealkylation sites (N-methyl/N-ethyl adjacent to an activating group) is 1. The van der Waals surface area contributed by atoms with Crippen molar-refractivity contribution < 1.29 is 13.6 Å². The number of halogens is 2. The molecule has 0 aromatic heterocycles. The van der Waals surface area contributed by atoms with Gasteiger partial charge in [0.25, 0.3) is 0 Å². The summed E-state index contributed by atoms with van der Waals surface area (Å²) in [5.74, 6) is -2.45. The highest BCUT2D eigenvalue weighted by Crippen LogP contribution is 2.34. The van der Waals surface area contributed by atoms with Gasteiger partial charge in [-0.1, -0.05) is 0 Å². The van der Waals surface area contributed by atoms with E-state index in [-0.39, 0.29) is 30.8 Å². The minimum atomic E-state index is -2.52. The topological polar surface area (TPSA) is 32.3 Å². The first kappa shape index (κ1) is 12.7. The van der Waals surface area contributed by atoms with Gasteiger partial charge < -0.3 is 10.2 Å². The van der Waals surface area contributed by atoms with Gasteiger partial charge in [-0.15, -0.1) is 0 Å². The summed E-state index contributed by atoms with van der Waals surface area (Å²) in [6, 6.07) is -0.105. The van der Waals surface area contributed by atoms with E-state index in [1.165, 1.54) is 0 Å². The molecule has 2 rings (SSSR count). The van der Waals surface area contributed by atoms with E-state index < -0.39 is 5.92 Å². The molecule has 3 nitrogen and oxygen atoms in total. The van der Waals surface area contributed by atoms with E-state index in [9.17, 15) is 13.6 Å². The molecule has 0 unspecified atom stereocenters. The molecule has 1 saturated heterocycles. The zero-order valence-electron chi connectivity index (χ0n) is 10.2. The Kier molecular flexibility index (Phi) is 3.66. The van der Waals surface area contributed by atoms with Gasteiger partial charge in [0.1, 0.15) is 0 Å². The van der Waals surface area contributed by atoms with E-state index in [0.717, 1.165) is 19.4 Å². The van der Waals surface area contributed by atoms with Gasteiger partial charge in [-0.25, -0.2) is 8.78 Å². The predicted molar refractivity (Wildman–Crippen MR) is 61.0 cm³/mol. The summed E-state index contributed by atoms with van der Waals surface area (Å²) in [5.41, 5.74) is 0. The van der Waals surface area contributed by atoms with E-state index in [1.807, 2.05) is 0 Å². The summed E-state index contributed by atoms with van der Waals surface area (Å²) in [7, 11) is 1.75. The molecule has 0 spiro atoms. The van der Waals surface area contributed by atoms with Crippen molar-refractivity contribution in [2.24, 2.45) is 0 Å². The highest BCUT2D eigenvalue weighted by molar-refractivity contribution is 5.82. The Bertz CT molecular complexity index is 280. The average Bonchev–Trinajstić information content (AvgIpc) is 2.80. The van der Waals surface area contributed by atoms with Crippen LogP contribution in [-0.2, 0) is 4.79 Å². The second-order valence-corrected chi connectivity index (χ2v) is 5.19. The third kappa shape index (κ3) is 2.94. The molecule has 1 aliphatic heterocycles. The van der Waals surface area contributed by atoms with Crippen LogP contribution in [0.25, 0.3) is 0 Å². The lowest BCUT2D eigenvalue weighted by atomic mass is 9.91. The summed E-state index contributed by atoms with van der Waals surface area (Å²) in [5, 5.41) is 3.15. The van der Waals surface area contributed by atoms with Crippen LogP contribution in [-0.4, -0.2) is 42.4 Å². The first-order valence-corrected chi connectivity index (χ1v) is 6.37. The zero-order valence-corrected chi connectivity index (χ0v) is 10.2. The third-order valence-electron chi connectivity index (χ3n) is 3.94. The Labute approximate surface area is 101 Å². The number of carbonyl (C=O) groups excluding carboxylic acids is 1. The predicted octanol–water partition coefficient (Wildman–Crippen LogP) is 1.77. The van der Waals surface area contributed by atoms with Gasteiger partial charge >= 0.3 is 0 Å². The lowest BCUT2D eigenvalue weighted by Crippen LogP contribution is -2.48. The lowest BCUT2D eigenvalue weighted by Gasteiger charge is -2.35. The number of nitrogens with one attached hydrogen (secondary N) is 1. The van der Waals surface area contributed by atoms with Gasteiger partial charge in [-0.05, 0) is 32.2 Å². The Balaban J connectivity index is 1.87. The van der Waals surface area contributed by atoms with Gasteiger partial charge in [-0.2, -0.15) is 0 Å². The molecule has 2 aliphatic rings. The van der Waals surface area contributed by atoms with Crippen molar-refractivity contribution in [3.63, 3.8) is 0 Å². The number of alkyl halides is 2. The number of carbonyl (C=O) groups is 1. The van der Waals surface area contributed by atoms with Crippen LogP contribution in [0.1, 0.15) is 38.5 Å². The van der Waals surface area contributed by atoms with Crippen LogP contribution < -0.4 is 5.32 Å². The van der Waals surface area contributed by atoms with Crippen LogP contribution >= 0.6 is 0 Å². The van der Waals surface area contributed by atoms with Gasteiger partial charge in [0.2, 0.25) is 11.8 Å². The Morgan fingerprint density at radius 3 is 2.47 bits per heavy atom. The van der Waals surface area contributed by atoms with Crippen molar-refractivity contribution in [3.05, 3.63) is 0 Å². The van der Waals surface area contributed by atoms with Crippen molar-refractivity contribution in [1.82, 2.24) is 10.2 Å². The van der Waals surface area contributed by atoms with E-state index in [1.54, 1.807) is 11.9 Å². The van der Waals surface area contributed by atoms with Gasteiger partial charge in [0, 0.05) is 25.9 Å². The van der Waals surface area contributed by atoms with E-state index >= 15 is 0 Å². The minimum Gasteiger partial charge on any atom is -0.341 e. The Hall–Kier alpha value is -0.710. The Morgan fingerprint density at radius 1 is 1.29 bits per heavy atom. The fraction of sp³-hybridized carbons (Fsp3) is 0.917. The maximum absolute atomic E-state index is 13.0. The summed E-state index contributed by atoms with van der Waals surface area (Å²) < 4.78 is 26.1. The lowest BCUT2D eigenvalue weighted by molar-refractivity contribution is -0.136. The molecule has 1 aliphatic carbocycles. The smallest absolute Gasteiger partial charge is 0.248 e. The molecule has 1 amide bonds. The zero-order chi connectivity index (χ0) is 12.5. The largest absolute Gasteiger partial charge is 0.341 e. The molecule has 1 N–H and O–H groups in total. The van der Waals surface area contributed by atoms with Crippen LogP contribution in [0.5, 0.6) is 0 Å². The minimum absolute atomic E-state index is 0.00970. The molecule has 5 heteroatoms. The molecule has 0 aromatic rings. The summed E-state index contributed by atoms with van der Waals surface area (Å²) >= 11 is 0. The van der Waals surface area contributed by atoms with Crippen LogP contribution in [0.4, 0.5) is 8.78 Å². The fourth-order valence-electron chi connectivity index (χ4n) is 2.73. The highest BCUT2D eigenvalue weighted by Gasteiger charge is 2.38. The SMILES string of the molecule is CN(C(=O)[C@@H]1CCCN1)C1CCC(F)(F)CC1. The average molecular weight is 246 g/mol. The van der Waals surface area contributed by atoms with Crippen molar-refractivity contribution in [2.75, 3.05) is 13.6 Å². The molecular weight excluding hydrogens is 226 g/mol. The number of nitrogens with zero attached hydrogens (tertiary/aromatic N) is 1. The second-order valence-electron chi connectivity index (χ2n) is 5.19. The Morgan fingerprint density at radius 2 is 1.94 bits per heavy atom. The number of hydrogen-bond acceptors (Lipinski definition) is 2. The van der Waals surface area contributed by atoms with Crippen molar-refractivity contribution in [3.8, 4) is 0 Å². The van der Waals surface area contributed by atoms with Gasteiger partial charge in [0.15, 0.2) is 0 Å². The maximum Gasteiger partial charge on any atom is 0.248 e. The number of amides is 1. The molecule has 0 aromatic carbocycles. The van der Waals surface area contributed by atoms with Gasteiger partial charge in [0.05, 0.1) is 6.04 Å². The standard InChI is InChI=1S/C12H20F2N2O/c1-16(11(17)10-3-2-8-15-10)9-4-6-12(13,14)7-5-9/h9-10,15H,2-8H2,1H3/t10-/m0/s1. The van der Waals surface area contributed by atoms with Crippen molar-refractivity contribution in [2.45, 2.75) is 56.5 Å².